The number of benzene rings is 2. The van der Waals surface area contributed by atoms with Gasteiger partial charge in [-0.1, -0.05) is 26.0 Å². The molecule has 1 saturated heterocycles. The lowest BCUT2D eigenvalue weighted by Gasteiger charge is -2.46. The fraction of sp³-hybridized carbons (Fsp3) is 0.478. The van der Waals surface area contributed by atoms with Gasteiger partial charge in [-0.15, -0.1) is 0 Å². The van der Waals surface area contributed by atoms with Gasteiger partial charge in [0.1, 0.15) is 5.82 Å². The van der Waals surface area contributed by atoms with E-state index in [0.29, 0.717) is 23.8 Å². The molecule has 2 aliphatic rings. The summed E-state index contributed by atoms with van der Waals surface area (Å²) >= 11 is 0. The van der Waals surface area contributed by atoms with Crippen molar-refractivity contribution in [2.24, 2.45) is 5.92 Å². The first-order valence-corrected chi connectivity index (χ1v) is 10.3. The second kappa shape index (κ2) is 8.19. The van der Waals surface area contributed by atoms with Crippen molar-refractivity contribution in [2.75, 3.05) is 11.9 Å². The Hall–Kier alpha value is -2.12. The summed E-state index contributed by atoms with van der Waals surface area (Å²) in [6, 6.07) is 10.2. The third-order valence-electron chi connectivity index (χ3n) is 5.96. The zero-order valence-electron chi connectivity index (χ0n) is 17.0. The lowest BCUT2D eigenvalue weighted by molar-refractivity contribution is -0.138. The molecular weight excluding hydrogens is 396 g/mol. The monoisotopic (exact) mass is 422 g/mol. The average molecular weight is 422 g/mol. The third kappa shape index (κ3) is 4.32. The number of nitrogens with one attached hydrogen (secondary N) is 2. The zero-order chi connectivity index (χ0) is 21.5. The summed E-state index contributed by atoms with van der Waals surface area (Å²) < 4.78 is 59.8. The number of alkyl halides is 3. The molecule has 4 atom stereocenters. The second-order valence-corrected chi connectivity index (χ2v) is 8.46. The normalized spacial score (nSPS) is 26.1. The maximum Gasteiger partial charge on any atom is 0.416 e. The van der Waals surface area contributed by atoms with Crippen LogP contribution < -0.4 is 10.6 Å². The van der Waals surface area contributed by atoms with Crippen LogP contribution in [0.3, 0.4) is 0 Å². The highest BCUT2D eigenvalue weighted by Gasteiger charge is 2.43. The van der Waals surface area contributed by atoms with E-state index in [1.165, 1.54) is 24.3 Å². The Morgan fingerprint density at radius 3 is 2.50 bits per heavy atom. The van der Waals surface area contributed by atoms with Gasteiger partial charge in [-0.25, -0.2) is 4.39 Å². The molecular formula is C23H26F4N2O. The van der Waals surface area contributed by atoms with E-state index in [4.69, 9.17) is 4.74 Å². The standard InChI is InChI=1S/C23H26F4N2O/c1-13(2)28-12-17-8-9-18-21(14-3-6-16(24)7-4-14)29-20-10-5-15(23(25,26)27)11-19(20)22(18)30-17/h3-7,10-11,13,17-18,21-22,28-29H,8-9,12H2,1-2H3/t17-,18+,21+,22+/m1/s1. The molecule has 0 spiro atoms. The van der Waals surface area contributed by atoms with Gasteiger partial charge >= 0.3 is 6.18 Å². The highest BCUT2D eigenvalue weighted by molar-refractivity contribution is 5.58. The van der Waals surface area contributed by atoms with Crippen LogP contribution in [0.25, 0.3) is 0 Å². The van der Waals surface area contributed by atoms with Crippen LogP contribution in [0.4, 0.5) is 23.2 Å². The summed E-state index contributed by atoms with van der Waals surface area (Å²) in [6.07, 6.45) is -3.31. The van der Waals surface area contributed by atoms with E-state index < -0.39 is 17.8 Å². The lowest BCUT2D eigenvalue weighted by Crippen LogP contribution is -2.43. The Kier molecular flexibility index (Phi) is 5.77. The van der Waals surface area contributed by atoms with E-state index in [1.54, 1.807) is 12.1 Å². The second-order valence-electron chi connectivity index (χ2n) is 8.46. The van der Waals surface area contributed by atoms with E-state index in [-0.39, 0.29) is 23.9 Å². The minimum Gasteiger partial charge on any atom is -0.378 e. The van der Waals surface area contributed by atoms with Gasteiger partial charge in [-0.2, -0.15) is 13.2 Å². The summed E-state index contributed by atoms with van der Waals surface area (Å²) in [5.74, 6) is -0.359. The van der Waals surface area contributed by atoms with Crippen molar-refractivity contribution >= 4 is 5.69 Å². The predicted octanol–water partition coefficient (Wildman–Crippen LogP) is 5.85. The van der Waals surface area contributed by atoms with Gasteiger partial charge in [0.15, 0.2) is 0 Å². The number of fused-ring (bicyclic) bond motifs is 3. The van der Waals surface area contributed by atoms with Crippen LogP contribution in [0.15, 0.2) is 42.5 Å². The first kappa shape index (κ1) is 21.1. The largest absolute Gasteiger partial charge is 0.416 e. The molecule has 1 fully saturated rings. The SMILES string of the molecule is CC(C)NC[C@H]1CC[C@@H]2[C@H](O1)c1cc(C(F)(F)F)ccc1N[C@H]2c1ccc(F)cc1. The van der Waals surface area contributed by atoms with Crippen LogP contribution in [0.5, 0.6) is 0 Å². The molecule has 2 aromatic rings. The summed E-state index contributed by atoms with van der Waals surface area (Å²) in [5, 5.41) is 6.75. The van der Waals surface area contributed by atoms with Crippen molar-refractivity contribution in [3.05, 3.63) is 65.0 Å². The molecule has 30 heavy (non-hydrogen) atoms. The predicted molar refractivity (Wildman–Crippen MR) is 108 cm³/mol. The van der Waals surface area contributed by atoms with Crippen molar-refractivity contribution in [3.8, 4) is 0 Å². The van der Waals surface area contributed by atoms with E-state index in [0.717, 1.165) is 24.5 Å². The highest BCUT2D eigenvalue weighted by atomic mass is 19.4. The van der Waals surface area contributed by atoms with Crippen LogP contribution in [0, 0.1) is 11.7 Å². The average Bonchev–Trinajstić information content (AvgIpc) is 2.71. The summed E-state index contributed by atoms with van der Waals surface area (Å²) in [6.45, 7) is 4.75. The van der Waals surface area contributed by atoms with Gasteiger partial charge in [0.25, 0.3) is 0 Å². The van der Waals surface area contributed by atoms with Crippen LogP contribution in [0.2, 0.25) is 0 Å². The van der Waals surface area contributed by atoms with Crippen LogP contribution in [0.1, 0.15) is 55.5 Å². The summed E-state index contributed by atoms with van der Waals surface area (Å²) in [4.78, 5) is 0. The minimum atomic E-state index is -4.41. The number of ether oxygens (including phenoxy) is 1. The van der Waals surface area contributed by atoms with Crippen LogP contribution in [-0.4, -0.2) is 18.7 Å². The van der Waals surface area contributed by atoms with E-state index in [1.807, 2.05) is 13.8 Å². The first-order valence-electron chi connectivity index (χ1n) is 10.3. The Morgan fingerprint density at radius 2 is 1.83 bits per heavy atom. The maximum atomic E-state index is 13.4. The molecule has 2 aliphatic heterocycles. The molecule has 7 heteroatoms. The maximum absolute atomic E-state index is 13.4. The molecule has 0 radical (unpaired) electrons. The smallest absolute Gasteiger partial charge is 0.378 e. The molecule has 0 aromatic heterocycles. The Balaban J connectivity index is 1.69. The van der Waals surface area contributed by atoms with Gasteiger partial charge in [-0.3, -0.25) is 0 Å². The molecule has 2 heterocycles. The molecule has 0 amide bonds. The number of hydrogen-bond donors (Lipinski definition) is 2. The van der Waals surface area contributed by atoms with Crippen molar-refractivity contribution < 1.29 is 22.3 Å². The van der Waals surface area contributed by atoms with Crippen molar-refractivity contribution in [1.82, 2.24) is 5.32 Å². The van der Waals surface area contributed by atoms with Crippen LogP contribution >= 0.6 is 0 Å². The summed E-state index contributed by atoms with van der Waals surface area (Å²) in [7, 11) is 0. The van der Waals surface area contributed by atoms with Gasteiger partial charge in [0.05, 0.1) is 23.8 Å². The minimum absolute atomic E-state index is 0.0401. The zero-order valence-corrected chi connectivity index (χ0v) is 17.0. The lowest BCUT2D eigenvalue weighted by atomic mass is 9.76. The van der Waals surface area contributed by atoms with E-state index in [9.17, 15) is 17.6 Å². The molecule has 4 rings (SSSR count). The Morgan fingerprint density at radius 1 is 1.10 bits per heavy atom. The molecule has 0 saturated carbocycles. The molecule has 2 aromatic carbocycles. The Bertz CT molecular complexity index is 882. The number of hydrogen-bond acceptors (Lipinski definition) is 3. The van der Waals surface area contributed by atoms with Crippen molar-refractivity contribution in [3.63, 3.8) is 0 Å². The number of anilines is 1. The van der Waals surface area contributed by atoms with Crippen molar-refractivity contribution in [1.29, 1.82) is 0 Å². The van der Waals surface area contributed by atoms with Gasteiger partial charge in [0, 0.05) is 29.8 Å². The quantitative estimate of drug-likeness (QED) is 0.607. The van der Waals surface area contributed by atoms with Gasteiger partial charge in [-0.05, 0) is 48.7 Å². The van der Waals surface area contributed by atoms with E-state index >= 15 is 0 Å². The van der Waals surface area contributed by atoms with Crippen LogP contribution in [-0.2, 0) is 10.9 Å². The molecule has 3 nitrogen and oxygen atoms in total. The van der Waals surface area contributed by atoms with Gasteiger partial charge < -0.3 is 15.4 Å². The summed E-state index contributed by atoms with van der Waals surface area (Å²) in [5.41, 5.74) is 1.41. The highest BCUT2D eigenvalue weighted by Crippen LogP contribution is 2.51. The van der Waals surface area contributed by atoms with E-state index in [2.05, 4.69) is 10.6 Å². The topological polar surface area (TPSA) is 33.3 Å². The molecule has 2 N–H and O–H groups in total. The number of halogens is 4. The first-order chi connectivity index (χ1) is 14.2. The molecule has 0 aliphatic carbocycles. The third-order valence-corrected chi connectivity index (χ3v) is 5.96. The fourth-order valence-electron chi connectivity index (χ4n) is 4.45. The Labute approximate surface area is 173 Å². The molecule has 0 unspecified atom stereocenters. The van der Waals surface area contributed by atoms with Crippen molar-refractivity contribution in [2.45, 2.75) is 57.2 Å². The van der Waals surface area contributed by atoms with Gasteiger partial charge in [0.2, 0.25) is 0 Å². The fourth-order valence-corrected chi connectivity index (χ4v) is 4.45. The molecule has 0 bridgehead atoms. The molecule has 162 valence electrons. The number of rotatable bonds is 4.